The van der Waals surface area contributed by atoms with Gasteiger partial charge in [-0.25, -0.2) is 5.48 Å². The van der Waals surface area contributed by atoms with Crippen LogP contribution >= 0.6 is 0 Å². The fourth-order valence-electron chi connectivity index (χ4n) is 3.61. The second-order valence-electron chi connectivity index (χ2n) is 7.54. The molecule has 4 rings (SSSR count). The molecule has 31 heavy (non-hydrogen) atoms. The van der Waals surface area contributed by atoms with Crippen LogP contribution in [0, 0.1) is 6.92 Å². The molecule has 4 N–H and O–H groups in total. The monoisotopic (exact) mass is 420 g/mol. The summed E-state index contributed by atoms with van der Waals surface area (Å²) in [4.78, 5) is 21.2. The summed E-state index contributed by atoms with van der Waals surface area (Å²) in [5.41, 5.74) is 12.2. The van der Waals surface area contributed by atoms with Crippen molar-refractivity contribution in [1.29, 1.82) is 0 Å². The Morgan fingerprint density at radius 3 is 2.84 bits per heavy atom. The van der Waals surface area contributed by atoms with Gasteiger partial charge in [-0.1, -0.05) is 23.4 Å². The van der Waals surface area contributed by atoms with Gasteiger partial charge in [0.05, 0.1) is 17.3 Å². The van der Waals surface area contributed by atoms with Gasteiger partial charge in [0.1, 0.15) is 18.5 Å². The SMILES string of the molecule is Cc1cc(COc2ccc(C3=NOC(C(N)CC(=O)NO)C3)cc2)c2ccccc2n1. The first kappa shape index (κ1) is 20.8. The number of aromatic nitrogens is 1. The maximum Gasteiger partial charge on any atom is 0.245 e. The number of benzene rings is 2. The average molecular weight is 420 g/mol. The maximum atomic E-state index is 11.3. The molecular formula is C23H24N4O4. The molecule has 3 aromatic rings. The lowest BCUT2D eigenvalue weighted by molar-refractivity contribution is -0.130. The Balaban J connectivity index is 1.38. The van der Waals surface area contributed by atoms with Crippen LogP contribution in [0.25, 0.3) is 10.9 Å². The van der Waals surface area contributed by atoms with Gasteiger partial charge in [-0.05, 0) is 48.9 Å². The van der Waals surface area contributed by atoms with E-state index in [0.29, 0.717) is 13.0 Å². The molecule has 0 fully saturated rings. The van der Waals surface area contributed by atoms with Crippen LogP contribution in [-0.2, 0) is 16.2 Å². The van der Waals surface area contributed by atoms with E-state index in [9.17, 15) is 4.79 Å². The van der Waals surface area contributed by atoms with Crippen LogP contribution in [0.2, 0.25) is 0 Å². The number of carbonyl (C=O) groups excluding carboxylic acids is 1. The second-order valence-corrected chi connectivity index (χ2v) is 7.54. The topological polar surface area (TPSA) is 119 Å². The number of nitrogens with one attached hydrogen (secondary N) is 1. The van der Waals surface area contributed by atoms with E-state index in [4.69, 9.17) is 20.5 Å². The first-order valence-corrected chi connectivity index (χ1v) is 10.0. The number of ether oxygens (including phenoxy) is 1. The number of rotatable bonds is 7. The Hall–Kier alpha value is -3.49. The molecule has 1 aliphatic heterocycles. The molecule has 1 aliphatic rings. The minimum atomic E-state index is -0.561. The molecule has 0 bridgehead atoms. The van der Waals surface area contributed by atoms with Gasteiger partial charge in [0, 0.05) is 29.5 Å². The lowest BCUT2D eigenvalue weighted by atomic mass is 9.99. The van der Waals surface area contributed by atoms with Crippen molar-refractivity contribution in [3.63, 3.8) is 0 Å². The van der Waals surface area contributed by atoms with E-state index in [1.165, 1.54) is 0 Å². The molecule has 2 atom stereocenters. The lowest BCUT2D eigenvalue weighted by Gasteiger charge is -2.15. The Kier molecular flexibility index (Phi) is 6.11. The molecule has 0 aliphatic carbocycles. The predicted molar refractivity (Wildman–Crippen MR) is 116 cm³/mol. The van der Waals surface area contributed by atoms with Crippen LogP contribution in [0.4, 0.5) is 0 Å². The Morgan fingerprint density at radius 1 is 1.29 bits per heavy atom. The maximum absolute atomic E-state index is 11.3. The number of hydroxylamine groups is 1. The summed E-state index contributed by atoms with van der Waals surface area (Å²) in [5, 5.41) is 13.8. The molecule has 2 heterocycles. The molecule has 8 nitrogen and oxygen atoms in total. The molecule has 2 aromatic carbocycles. The molecular weight excluding hydrogens is 396 g/mol. The van der Waals surface area contributed by atoms with Gasteiger partial charge < -0.3 is 15.3 Å². The van der Waals surface area contributed by atoms with Crippen molar-refractivity contribution in [2.75, 3.05) is 0 Å². The van der Waals surface area contributed by atoms with Crippen molar-refractivity contribution in [1.82, 2.24) is 10.5 Å². The minimum absolute atomic E-state index is 0.0418. The number of fused-ring (bicyclic) bond motifs is 1. The number of aryl methyl sites for hydroxylation is 1. The lowest BCUT2D eigenvalue weighted by Crippen LogP contribution is -2.39. The van der Waals surface area contributed by atoms with Crippen molar-refractivity contribution < 1.29 is 19.6 Å². The summed E-state index contributed by atoms with van der Waals surface area (Å²) < 4.78 is 6.00. The van der Waals surface area contributed by atoms with Gasteiger partial charge >= 0.3 is 0 Å². The van der Waals surface area contributed by atoms with Crippen molar-refractivity contribution in [3.8, 4) is 5.75 Å². The van der Waals surface area contributed by atoms with Crippen molar-refractivity contribution >= 4 is 22.5 Å². The fourth-order valence-corrected chi connectivity index (χ4v) is 3.61. The molecule has 0 saturated heterocycles. The van der Waals surface area contributed by atoms with E-state index in [2.05, 4.69) is 10.1 Å². The number of pyridine rings is 1. The van der Waals surface area contributed by atoms with E-state index in [-0.39, 0.29) is 6.42 Å². The van der Waals surface area contributed by atoms with Crippen LogP contribution < -0.4 is 16.0 Å². The number of para-hydroxylation sites is 1. The average Bonchev–Trinajstić information content (AvgIpc) is 3.28. The van der Waals surface area contributed by atoms with Crippen molar-refractivity contribution in [3.05, 3.63) is 71.4 Å². The largest absolute Gasteiger partial charge is 0.489 e. The van der Waals surface area contributed by atoms with E-state index in [0.717, 1.165) is 39.2 Å². The molecule has 0 spiro atoms. The molecule has 8 heteroatoms. The molecule has 1 aromatic heterocycles. The summed E-state index contributed by atoms with van der Waals surface area (Å²) in [5.74, 6) is 0.193. The number of hydrogen-bond donors (Lipinski definition) is 3. The smallest absolute Gasteiger partial charge is 0.245 e. The van der Waals surface area contributed by atoms with Crippen LogP contribution in [0.5, 0.6) is 5.75 Å². The van der Waals surface area contributed by atoms with E-state index in [1.807, 2.05) is 61.5 Å². The Labute approximate surface area is 179 Å². The summed E-state index contributed by atoms with van der Waals surface area (Å²) in [7, 11) is 0. The number of carbonyl (C=O) groups is 1. The zero-order valence-corrected chi connectivity index (χ0v) is 17.1. The van der Waals surface area contributed by atoms with E-state index >= 15 is 0 Å². The number of oxime groups is 1. The normalized spacial score (nSPS) is 16.5. The highest BCUT2D eigenvalue weighted by atomic mass is 16.6. The van der Waals surface area contributed by atoms with Crippen LogP contribution in [0.15, 0.2) is 59.8 Å². The first-order chi connectivity index (χ1) is 15.0. The third kappa shape index (κ3) is 4.82. The van der Waals surface area contributed by atoms with Gasteiger partial charge in [0.15, 0.2) is 0 Å². The van der Waals surface area contributed by atoms with Gasteiger partial charge in [-0.15, -0.1) is 0 Å². The van der Waals surface area contributed by atoms with Gasteiger partial charge in [0.25, 0.3) is 0 Å². The highest BCUT2D eigenvalue weighted by molar-refractivity contribution is 6.01. The number of hydrogen-bond acceptors (Lipinski definition) is 7. The highest BCUT2D eigenvalue weighted by Crippen LogP contribution is 2.23. The quantitative estimate of drug-likeness (QED) is 0.399. The summed E-state index contributed by atoms with van der Waals surface area (Å²) in [6.07, 6.45) is 0.0360. The number of nitrogens with two attached hydrogens (primary N) is 1. The van der Waals surface area contributed by atoms with Crippen LogP contribution in [-0.4, -0.2) is 34.0 Å². The van der Waals surface area contributed by atoms with E-state index < -0.39 is 18.1 Å². The van der Waals surface area contributed by atoms with Gasteiger partial charge in [0.2, 0.25) is 5.91 Å². The minimum Gasteiger partial charge on any atom is -0.489 e. The van der Waals surface area contributed by atoms with Gasteiger partial charge in [-0.2, -0.15) is 0 Å². The first-order valence-electron chi connectivity index (χ1n) is 10.0. The predicted octanol–water partition coefficient (Wildman–Crippen LogP) is 2.84. The van der Waals surface area contributed by atoms with E-state index in [1.54, 1.807) is 5.48 Å². The zero-order valence-electron chi connectivity index (χ0n) is 17.1. The standard InChI is InChI=1S/C23H24N4O4/c1-14-10-16(18-4-2-3-5-20(18)25-14)13-30-17-8-6-15(7-9-17)21-12-22(31-27-21)19(24)11-23(28)26-29/h2-10,19,22,29H,11-13,24H2,1H3,(H,26,28). The van der Waals surface area contributed by atoms with Crippen LogP contribution in [0.1, 0.15) is 29.7 Å². The molecule has 160 valence electrons. The molecule has 2 unspecified atom stereocenters. The Morgan fingerprint density at radius 2 is 2.06 bits per heavy atom. The Bertz CT molecular complexity index is 1110. The van der Waals surface area contributed by atoms with Crippen molar-refractivity contribution in [2.45, 2.75) is 38.5 Å². The fraction of sp³-hybridized carbons (Fsp3) is 0.261. The third-order valence-electron chi connectivity index (χ3n) is 5.23. The third-order valence-corrected chi connectivity index (χ3v) is 5.23. The second kappa shape index (κ2) is 9.11. The number of amides is 1. The molecule has 0 radical (unpaired) electrons. The zero-order chi connectivity index (χ0) is 21.8. The molecule has 0 saturated carbocycles. The highest BCUT2D eigenvalue weighted by Gasteiger charge is 2.29. The van der Waals surface area contributed by atoms with Crippen molar-refractivity contribution in [2.24, 2.45) is 10.9 Å². The van der Waals surface area contributed by atoms with Crippen LogP contribution in [0.3, 0.4) is 0 Å². The summed E-state index contributed by atoms with van der Waals surface area (Å²) in [6.45, 7) is 2.42. The summed E-state index contributed by atoms with van der Waals surface area (Å²) >= 11 is 0. The van der Waals surface area contributed by atoms with Gasteiger partial charge in [-0.3, -0.25) is 15.0 Å². The summed E-state index contributed by atoms with van der Waals surface area (Å²) in [6, 6.07) is 17.1. The number of nitrogens with zero attached hydrogens (tertiary/aromatic N) is 2. The molecule has 1 amide bonds.